The molecule has 3 N–H and O–H groups in total. The summed E-state index contributed by atoms with van der Waals surface area (Å²) in [5.41, 5.74) is 10.2. The lowest BCUT2D eigenvalue weighted by molar-refractivity contribution is 1.13. The van der Waals surface area contributed by atoms with E-state index in [1.54, 1.807) is 6.20 Å². The molecule has 0 aliphatic rings. The Labute approximate surface area is 111 Å². The molecular formula is C14H15N5. The van der Waals surface area contributed by atoms with Gasteiger partial charge in [0.2, 0.25) is 0 Å². The maximum atomic E-state index is 5.69. The van der Waals surface area contributed by atoms with Gasteiger partial charge in [0, 0.05) is 31.5 Å². The zero-order valence-corrected chi connectivity index (χ0v) is 10.9. The number of benzene rings is 1. The molecule has 0 fully saturated rings. The fourth-order valence-corrected chi connectivity index (χ4v) is 2.05. The van der Waals surface area contributed by atoms with E-state index in [2.05, 4.69) is 15.0 Å². The van der Waals surface area contributed by atoms with E-state index in [0.29, 0.717) is 0 Å². The first-order valence-corrected chi connectivity index (χ1v) is 6.03. The van der Waals surface area contributed by atoms with Gasteiger partial charge in [0.1, 0.15) is 11.3 Å². The van der Waals surface area contributed by atoms with E-state index in [4.69, 9.17) is 5.73 Å². The monoisotopic (exact) mass is 253 g/mol. The average Bonchev–Trinajstić information content (AvgIpc) is 2.82. The van der Waals surface area contributed by atoms with Crippen molar-refractivity contribution in [3.63, 3.8) is 0 Å². The van der Waals surface area contributed by atoms with Gasteiger partial charge in [-0.1, -0.05) is 0 Å². The van der Waals surface area contributed by atoms with Crippen molar-refractivity contribution in [3.05, 3.63) is 36.5 Å². The Kier molecular flexibility index (Phi) is 2.59. The van der Waals surface area contributed by atoms with Gasteiger partial charge >= 0.3 is 0 Å². The van der Waals surface area contributed by atoms with Crippen molar-refractivity contribution in [3.8, 4) is 11.4 Å². The number of nitrogens with zero attached hydrogens (tertiary/aromatic N) is 3. The van der Waals surface area contributed by atoms with Gasteiger partial charge in [-0.05, 0) is 30.3 Å². The molecule has 3 aromatic rings. The molecule has 0 saturated carbocycles. The minimum Gasteiger partial charge on any atom is -0.399 e. The van der Waals surface area contributed by atoms with Crippen LogP contribution < -0.4 is 10.6 Å². The summed E-state index contributed by atoms with van der Waals surface area (Å²) >= 11 is 0. The average molecular weight is 253 g/mol. The van der Waals surface area contributed by atoms with Crippen LogP contribution in [0.5, 0.6) is 0 Å². The summed E-state index contributed by atoms with van der Waals surface area (Å²) in [6.07, 6.45) is 1.77. The maximum Gasteiger partial charge on any atom is 0.180 e. The molecule has 0 atom stereocenters. The Morgan fingerprint density at radius 3 is 2.53 bits per heavy atom. The summed E-state index contributed by atoms with van der Waals surface area (Å²) in [5.74, 6) is 0.803. The molecule has 96 valence electrons. The summed E-state index contributed by atoms with van der Waals surface area (Å²) < 4.78 is 0. The van der Waals surface area contributed by atoms with Crippen molar-refractivity contribution < 1.29 is 0 Å². The second-order valence-corrected chi connectivity index (χ2v) is 4.63. The molecule has 0 spiro atoms. The molecule has 0 bridgehead atoms. The van der Waals surface area contributed by atoms with Crippen LogP contribution in [-0.4, -0.2) is 29.0 Å². The third-order valence-electron chi connectivity index (χ3n) is 3.04. The molecule has 3 rings (SSSR count). The Hall–Kier alpha value is -2.56. The van der Waals surface area contributed by atoms with Crippen molar-refractivity contribution in [2.75, 3.05) is 24.7 Å². The molecular weight excluding hydrogens is 238 g/mol. The molecule has 0 radical (unpaired) electrons. The van der Waals surface area contributed by atoms with Crippen LogP contribution in [-0.2, 0) is 0 Å². The normalized spacial score (nSPS) is 10.8. The number of nitrogens with one attached hydrogen (secondary N) is 1. The predicted molar refractivity (Wildman–Crippen MR) is 78.1 cm³/mol. The highest BCUT2D eigenvalue weighted by atomic mass is 15.1. The number of aromatic nitrogens is 3. The van der Waals surface area contributed by atoms with E-state index >= 15 is 0 Å². The number of rotatable bonds is 2. The lowest BCUT2D eigenvalue weighted by atomic mass is 10.2. The third-order valence-corrected chi connectivity index (χ3v) is 3.04. The number of hydrogen-bond acceptors (Lipinski definition) is 4. The van der Waals surface area contributed by atoms with E-state index in [0.717, 1.165) is 33.9 Å². The van der Waals surface area contributed by atoms with E-state index in [1.807, 2.05) is 49.3 Å². The van der Waals surface area contributed by atoms with Crippen molar-refractivity contribution in [2.45, 2.75) is 0 Å². The molecule has 19 heavy (non-hydrogen) atoms. The van der Waals surface area contributed by atoms with Crippen LogP contribution in [0.1, 0.15) is 0 Å². The molecule has 0 unspecified atom stereocenters. The highest BCUT2D eigenvalue weighted by Crippen LogP contribution is 2.25. The van der Waals surface area contributed by atoms with Gasteiger partial charge in [-0.15, -0.1) is 0 Å². The first-order valence-electron chi connectivity index (χ1n) is 6.03. The SMILES string of the molecule is CN(C)c1ccnc2nc(-c3ccc(N)cc3)[nH]c12. The number of pyridine rings is 1. The fraction of sp³-hybridized carbons (Fsp3) is 0.143. The molecule has 1 aromatic carbocycles. The molecule has 0 aliphatic carbocycles. The zero-order chi connectivity index (χ0) is 13.4. The highest BCUT2D eigenvalue weighted by molar-refractivity contribution is 5.88. The first kappa shape index (κ1) is 11.5. The molecule has 5 nitrogen and oxygen atoms in total. The largest absolute Gasteiger partial charge is 0.399 e. The van der Waals surface area contributed by atoms with Crippen molar-refractivity contribution in [2.24, 2.45) is 0 Å². The van der Waals surface area contributed by atoms with Gasteiger partial charge in [-0.2, -0.15) is 0 Å². The van der Waals surface area contributed by atoms with Gasteiger partial charge in [-0.3, -0.25) is 0 Å². The second kappa shape index (κ2) is 4.28. The van der Waals surface area contributed by atoms with Crippen LogP contribution in [0.15, 0.2) is 36.5 Å². The number of fused-ring (bicyclic) bond motifs is 1. The van der Waals surface area contributed by atoms with Gasteiger partial charge in [0.05, 0.1) is 5.69 Å². The number of nitrogens with two attached hydrogens (primary N) is 1. The number of H-pyrrole nitrogens is 1. The lowest BCUT2D eigenvalue weighted by Gasteiger charge is -2.11. The lowest BCUT2D eigenvalue weighted by Crippen LogP contribution is -2.09. The topological polar surface area (TPSA) is 70.8 Å². The van der Waals surface area contributed by atoms with Gasteiger partial charge in [0.25, 0.3) is 0 Å². The van der Waals surface area contributed by atoms with Crippen LogP contribution >= 0.6 is 0 Å². The second-order valence-electron chi connectivity index (χ2n) is 4.63. The Bertz CT molecular complexity index is 712. The minimum atomic E-state index is 0.720. The third kappa shape index (κ3) is 1.99. The number of aromatic amines is 1. The highest BCUT2D eigenvalue weighted by Gasteiger charge is 2.10. The number of nitrogen functional groups attached to an aromatic ring is 1. The summed E-state index contributed by atoms with van der Waals surface area (Å²) in [6, 6.07) is 9.59. The predicted octanol–water partition coefficient (Wildman–Crippen LogP) is 2.27. The minimum absolute atomic E-state index is 0.720. The Balaban J connectivity index is 2.16. The molecule has 2 heterocycles. The molecule has 0 amide bonds. The number of anilines is 2. The van der Waals surface area contributed by atoms with Crippen LogP contribution in [0.2, 0.25) is 0 Å². The van der Waals surface area contributed by atoms with Crippen LogP contribution in [0.4, 0.5) is 11.4 Å². The van der Waals surface area contributed by atoms with Gasteiger partial charge in [-0.25, -0.2) is 9.97 Å². The van der Waals surface area contributed by atoms with E-state index in [1.165, 1.54) is 0 Å². The number of imidazole rings is 1. The molecule has 5 heteroatoms. The maximum absolute atomic E-state index is 5.69. The molecule has 0 saturated heterocycles. The molecule has 0 aliphatic heterocycles. The van der Waals surface area contributed by atoms with Crippen molar-refractivity contribution in [1.82, 2.24) is 15.0 Å². The quantitative estimate of drug-likeness (QED) is 0.687. The first-order chi connectivity index (χ1) is 9.15. The van der Waals surface area contributed by atoms with E-state index in [-0.39, 0.29) is 0 Å². The fourth-order valence-electron chi connectivity index (χ4n) is 2.05. The van der Waals surface area contributed by atoms with Crippen molar-refractivity contribution in [1.29, 1.82) is 0 Å². The molecule has 2 aromatic heterocycles. The van der Waals surface area contributed by atoms with Crippen LogP contribution in [0, 0.1) is 0 Å². The van der Waals surface area contributed by atoms with Crippen LogP contribution in [0.25, 0.3) is 22.6 Å². The summed E-state index contributed by atoms with van der Waals surface area (Å²) in [7, 11) is 4.00. The Morgan fingerprint density at radius 1 is 1.11 bits per heavy atom. The van der Waals surface area contributed by atoms with Crippen molar-refractivity contribution >= 4 is 22.5 Å². The summed E-state index contributed by atoms with van der Waals surface area (Å²) in [5, 5.41) is 0. The van der Waals surface area contributed by atoms with E-state index in [9.17, 15) is 0 Å². The standard InChI is InChI=1S/C14H15N5/c1-19(2)11-7-8-16-14-12(11)17-13(18-14)9-3-5-10(15)6-4-9/h3-8H,15H2,1-2H3,(H,16,17,18). The van der Waals surface area contributed by atoms with Gasteiger partial charge in [0.15, 0.2) is 5.65 Å². The smallest absolute Gasteiger partial charge is 0.180 e. The Morgan fingerprint density at radius 2 is 1.84 bits per heavy atom. The van der Waals surface area contributed by atoms with Crippen LogP contribution in [0.3, 0.4) is 0 Å². The summed E-state index contributed by atoms with van der Waals surface area (Å²) in [6.45, 7) is 0. The van der Waals surface area contributed by atoms with Gasteiger partial charge < -0.3 is 15.6 Å². The number of hydrogen-bond donors (Lipinski definition) is 2. The zero-order valence-electron chi connectivity index (χ0n) is 10.9. The van der Waals surface area contributed by atoms with E-state index < -0.39 is 0 Å². The summed E-state index contributed by atoms with van der Waals surface area (Å²) in [4.78, 5) is 14.2.